The number of hydrogen-bond donors (Lipinski definition) is 1. The summed E-state index contributed by atoms with van der Waals surface area (Å²) in [6.07, 6.45) is 0.567. The van der Waals surface area contributed by atoms with Crippen LogP contribution in [0.4, 0.5) is 17.1 Å². The van der Waals surface area contributed by atoms with Gasteiger partial charge >= 0.3 is 0 Å². The van der Waals surface area contributed by atoms with Crippen LogP contribution in [0.15, 0.2) is 18.2 Å². The summed E-state index contributed by atoms with van der Waals surface area (Å²) >= 11 is 0. The second-order valence-electron chi connectivity index (χ2n) is 4.72. The Balaban J connectivity index is 2.45. The summed E-state index contributed by atoms with van der Waals surface area (Å²) in [5, 5.41) is 20.3. The Morgan fingerprint density at radius 3 is 2.50 bits per heavy atom. The zero-order valence-electron chi connectivity index (χ0n) is 11.1. The summed E-state index contributed by atoms with van der Waals surface area (Å²) in [6.45, 7) is 0.861. The van der Waals surface area contributed by atoms with E-state index in [1.807, 2.05) is 4.90 Å². The molecule has 0 saturated carbocycles. The Morgan fingerprint density at radius 1 is 1.45 bits per heavy atom. The monoisotopic (exact) mass is 301 g/mol. The van der Waals surface area contributed by atoms with Gasteiger partial charge in [0.25, 0.3) is 5.69 Å². The van der Waals surface area contributed by atoms with Crippen LogP contribution in [0.3, 0.4) is 0 Å². The average molecular weight is 301 g/mol. The van der Waals surface area contributed by atoms with Gasteiger partial charge in [-0.05, 0) is 12.1 Å². The highest BCUT2D eigenvalue weighted by molar-refractivity contribution is 7.92. The molecule has 1 N–H and O–H groups in total. The number of aliphatic hydroxyl groups excluding tert-OH is 1. The van der Waals surface area contributed by atoms with Crippen molar-refractivity contribution >= 4 is 27.1 Å². The van der Waals surface area contributed by atoms with Gasteiger partial charge in [0.2, 0.25) is 10.0 Å². The van der Waals surface area contributed by atoms with Crippen LogP contribution in [0.5, 0.6) is 0 Å². The van der Waals surface area contributed by atoms with Crippen molar-refractivity contribution in [1.29, 1.82) is 0 Å². The normalized spacial score (nSPS) is 15.8. The number of nitro benzene ring substituents is 1. The van der Waals surface area contributed by atoms with E-state index in [-0.39, 0.29) is 11.4 Å². The van der Waals surface area contributed by atoms with Crippen LogP contribution in [0.25, 0.3) is 0 Å². The first kappa shape index (κ1) is 14.5. The van der Waals surface area contributed by atoms with Crippen LogP contribution in [-0.4, -0.2) is 50.9 Å². The summed E-state index contributed by atoms with van der Waals surface area (Å²) in [5.41, 5.74) is 0.380. The molecule has 0 atom stereocenters. The van der Waals surface area contributed by atoms with Gasteiger partial charge in [0.1, 0.15) is 5.69 Å². The molecule has 1 aromatic carbocycles. The summed E-state index contributed by atoms with van der Waals surface area (Å²) in [6, 6.07) is 4.27. The predicted octanol–water partition coefficient (Wildman–Crippen LogP) is 0.171. The van der Waals surface area contributed by atoms with Crippen LogP contribution in [-0.2, 0) is 10.0 Å². The highest BCUT2D eigenvalue weighted by Crippen LogP contribution is 2.34. The van der Waals surface area contributed by atoms with E-state index in [0.717, 1.165) is 10.6 Å². The standard InChI is InChI=1S/C11H15N3O5S/c1-12(20(2,18)19)11-5-8(13-6-9(15)7-13)3-4-10(11)14(16)17/h3-5,9,15H,6-7H2,1-2H3. The highest BCUT2D eigenvalue weighted by atomic mass is 32.2. The first-order valence-electron chi connectivity index (χ1n) is 5.85. The lowest BCUT2D eigenvalue weighted by molar-refractivity contribution is -0.384. The third kappa shape index (κ3) is 2.68. The average Bonchev–Trinajstić information content (AvgIpc) is 2.32. The number of hydrogen-bond acceptors (Lipinski definition) is 6. The lowest BCUT2D eigenvalue weighted by Gasteiger charge is -2.38. The molecule has 9 heteroatoms. The van der Waals surface area contributed by atoms with E-state index in [0.29, 0.717) is 18.8 Å². The molecule has 0 radical (unpaired) electrons. The van der Waals surface area contributed by atoms with Crippen molar-refractivity contribution in [3.05, 3.63) is 28.3 Å². The molecule has 1 aliphatic heterocycles. The third-order valence-electron chi connectivity index (χ3n) is 3.22. The smallest absolute Gasteiger partial charge is 0.293 e. The lowest BCUT2D eigenvalue weighted by atomic mass is 10.1. The molecule has 8 nitrogen and oxygen atoms in total. The van der Waals surface area contributed by atoms with Crippen molar-refractivity contribution in [2.24, 2.45) is 0 Å². The summed E-state index contributed by atoms with van der Waals surface area (Å²) < 4.78 is 24.0. The van der Waals surface area contributed by atoms with Crippen LogP contribution >= 0.6 is 0 Å². The molecule has 1 aliphatic rings. The first-order valence-corrected chi connectivity index (χ1v) is 7.70. The Hall–Kier alpha value is -1.87. The second kappa shape index (κ2) is 4.91. The zero-order chi connectivity index (χ0) is 15.1. The lowest BCUT2D eigenvalue weighted by Crippen LogP contribution is -2.50. The molecule has 0 aromatic heterocycles. The topological polar surface area (TPSA) is 104 Å². The van der Waals surface area contributed by atoms with Crippen molar-refractivity contribution in [3.63, 3.8) is 0 Å². The molecule has 1 saturated heterocycles. The first-order chi connectivity index (χ1) is 9.20. The maximum Gasteiger partial charge on any atom is 0.293 e. The van der Waals surface area contributed by atoms with Crippen molar-refractivity contribution in [2.75, 3.05) is 35.6 Å². The minimum absolute atomic E-state index is 0.0105. The molecule has 1 fully saturated rings. The summed E-state index contributed by atoms with van der Waals surface area (Å²) in [5.74, 6) is 0. The predicted molar refractivity (Wildman–Crippen MR) is 74.6 cm³/mol. The van der Waals surface area contributed by atoms with E-state index in [1.165, 1.54) is 19.2 Å². The van der Waals surface area contributed by atoms with E-state index in [4.69, 9.17) is 0 Å². The molecule has 1 aromatic rings. The molecule has 0 amide bonds. The second-order valence-corrected chi connectivity index (χ2v) is 6.73. The van der Waals surface area contributed by atoms with Crippen LogP contribution < -0.4 is 9.21 Å². The van der Waals surface area contributed by atoms with Gasteiger partial charge < -0.3 is 10.0 Å². The van der Waals surface area contributed by atoms with Gasteiger partial charge in [0.15, 0.2) is 0 Å². The fourth-order valence-electron chi connectivity index (χ4n) is 1.96. The number of β-amino-alcohol motifs (C(OH)–C–C–N with tert-alkyl or cyclic N) is 1. The Morgan fingerprint density at radius 2 is 2.05 bits per heavy atom. The van der Waals surface area contributed by atoms with Crippen molar-refractivity contribution in [2.45, 2.75) is 6.10 Å². The Bertz CT molecular complexity index is 639. The molecular formula is C11H15N3O5S. The molecule has 1 heterocycles. The number of nitrogens with zero attached hydrogens (tertiary/aromatic N) is 3. The molecule has 2 rings (SSSR count). The van der Waals surface area contributed by atoms with Crippen LogP contribution in [0, 0.1) is 10.1 Å². The molecule has 110 valence electrons. The van der Waals surface area contributed by atoms with Crippen molar-refractivity contribution in [3.8, 4) is 0 Å². The minimum Gasteiger partial charge on any atom is -0.389 e. The quantitative estimate of drug-likeness (QED) is 0.628. The minimum atomic E-state index is -3.59. The van der Waals surface area contributed by atoms with Gasteiger partial charge in [0, 0.05) is 31.9 Å². The Labute approximate surface area is 116 Å². The van der Waals surface area contributed by atoms with E-state index < -0.39 is 21.1 Å². The van der Waals surface area contributed by atoms with Gasteiger partial charge in [-0.1, -0.05) is 0 Å². The van der Waals surface area contributed by atoms with Crippen molar-refractivity contribution in [1.82, 2.24) is 0 Å². The number of sulfonamides is 1. The van der Waals surface area contributed by atoms with Gasteiger partial charge in [-0.25, -0.2) is 8.42 Å². The largest absolute Gasteiger partial charge is 0.389 e. The number of nitro groups is 1. The fourth-order valence-corrected chi connectivity index (χ4v) is 2.46. The third-order valence-corrected chi connectivity index (χ3v) is 4.41. The highest BCUT2D eigenvalue weighted by Gasteiger charge is 2.28. The van der Waals surface area contributed by atoms with Gasteiger partial charge in [-0.3, -0.25) is 14.4 Å². The maximum atomic E-state index is 11.6. The van der Waals surface area contributed by atoms with E-state index in [1.54, 1.807) is 6.07 Å². The number of rotatable bonds is 4. The molecule has 0 bridgehead atoms. The Kier molecular flexibility index (Phi) is 3.57. The van der Waals surface area contributed by atoms with Crippen molar-refractivity contribution < 1.29 is 18.4 Å². The molecule has 0 spiro atoms. The number of aliphatic hydroxyl groups is 1. The molecule has 0 unspecified atom stereocenters. The number of benzene rings is 1. The van der Waals surface area contributed by atoms with Gasteiger partial charge in [0.05, 0.1) is 17.3 Å². The molecule has 20 heavy (non-hydrogen) atoms. The van der Waals surface area contributed by atoms with E-state index in [9.17, 15) is 23.6 Å². The van der Waals surface area contributed by atoms with Gasteiger partial charge in [-0.2, -0.15) is 0 Å². The van der Waals surface area contributed by atoms with Crippen LogP contribution in [0.1, 0.15) is 0 Å². The fraction of sp³-hybridized carbons (Fsp3) is 0.455. The van der Waals surface area contributed by atoms with E-state index >= 15 is 0 Å². The van der Waals surface area contributed by atoms with E-state index in [2.05, 4.69) is 0 Å². The maximum absolute atomic E-state index is 11.6. The molecule has 0 aliphatic carbocycles. The van der Waals surface area contributed by atoms with Crippen LogP contribution in [0.2, 0.25) is 0 Å². The zero-order valence-corrected chi connectivity index (χ0v) is 11.9. The summed E-state index contributed by atoms with van der Waals surface area (Å²) in [7, 11) is -2.32. The molecular weight excluding hydrogens is 286 g/mol. The summed E-state index contributed by atoms with van der Waals surface area (Å²) in [4.78, 5) is 12.2. The SMILES string of the molecule is CN(c1cc(N2CC(O)C2)ccc1[N+](=O)[O-])S(C)(=O)=O. The number of anilines is 2. The van der Waals surface area contributed by atoms with Gasteiger partial charge in [-0.15, -0.1) is 0 Å².